The molecule has 1 fully saturated rings. The van der Waals surface area contributed by atoms with Crippen molar-refractivity contribution >= 4 is 8.07 Å². The molecule has 0 amide bonds. The van der Waals surface area contributed by atoms with Crippen LogP contribution in [0.15, 0.2) is 11.6 Å². The van der Waals surface area contributed by atoms with Crippen LogP contribution in [0.4, 0.5) is 0 Å². The summed E-state index contributed by atoms with van der Waals surface area (Å²) in [7, 11) is -0.976. The second-order valence-electron chi connectivity index (χ2n) is 7.61. The van der Waals surface area contributed by atoms with Gasteiger partial charge >= 0.3 is 0 Å². The predicted octanol–water partition coefficient (Wildman–Crippen LogP) is 4.47. The van der Waals surface area contributed by atoms with E-state index >= 15 is 0 Å². The van der Waals surface area contributed by atoms with Gasteiger partial charge in [-0.2, -0.15) is 0 Å². The maximum atomic E-state index is 5.55. The highest BCUT2D eigenvalue weighted by Crippen LogP contribution is 2.22. The second-order valence-corrected chi connectivity index (χ2v) is 13.2. The van der Waals surface area contributed by atoms with E-state index in [0.29, 0.717) is 19.5 Å². The van der Waals surface area contributed by atoms with Gasteiger partial charge in [-0.1, -0.05) is 38.2 Å². The van der Waals surface area contributed by atoms with Crippen molar-refractivity contribution in [2.24, 2.45) is 5.92 Å². The molecule has 1 rings (SSSR count). The lowest BCUT2D eigenvalue weighted by molar-refractivity contribution is -0.0413. The van der Waals surface area contributed by atoms with Gasteiger partial charge in [-0.25, -0.2) is 0 Å². The molecule has 0 aliphatic carbocycles. The zero-order chi connectivity index (χ0) is 15.7. The number of allylic oxidation sites excluding steroid dienone is 1. The molecule has 1 aliphatic heterocycles. The lowest BCUT2D eigenvalue weighted by Gasteiger charge is -2.15. The van der Waals surface area contributed by atoms with Crippen LogP contribution in [0.3, 0.4) is 0 Å². The number of hydrogen-bond acceptors (Lipinski definition) is 3. The summed E-state index contributed by atoms with van der Waals surface area (Å²) in [6.07, 6.45) is 6.45. The Morgan fingerprint density at radius 1 is 1.33 bits per heavy atom. The SMILES string of the molecule is C/C(=C\CC[C@H](C)C[C@@H]1CO1)COCOCC[Si](C)(C)C. The Bertz CT molecular complexity index is 306. The average Bonchev–Trinajstić information content (AvgIpc) is 3.16. The van der Waals surface area contributed by atoms with Gasteiger partial charge < -0.3 is 14.2 Å². The summed E-state index contributed by atoms with van der Waals surface area (Å²) in [5, 5.41) is 0. The summed E-state index contributed by atoms with van der Waals surface area (Å²) in [4.78, 5) is 0. The van der Waals surface area contributed by atoms with E-state index in [1.54, 1.807) is 0 Å². The summed E-state index contributed by atoms with van der Waals surface area (Å²) in [5.41, 5.74) is 1.30. The Morgan fingerprint density at radius 3 is 2.67 bits per heavy atom. The fourth-order valence-electron chi connectivity index (χ4n) is 2.14. The zero-order valence-electron chi connectivity index (χ0n) is 14.6. The van der Waals surface area contributed by atoms with Gasteiger partial charge in [-0.15, -0.1) is 0 Å². The van der Waals surface area contributed by atoms with Gasteiger partial charge in [0.25, 0.3) is 0 Å². The fourth-order valence-corrected chi connectivity index (χ4v) is 2.90. The quantitative estimate of drug-likeness (QED) is 0.175. The lowest BCUT2D eigenvalue weighted by atomic mass is 9.99. The van der Waals surface area contributed by atoms with Crippen LogP contribution in [0.1, 0.15) is 33.1 Å². The van der Waals surface area contributed by atoms with Crippen molar-refractivity contribution in [1.82, 2.24) is 0 Å². The topological polar surface area (TPSA) is 31.0 Å². The molecule has 0 saturated carbocycles. The van der Waals surface area contributed by atoms with Crippen LogP contribution in [-0.4, -0.2) is 40.8 Å². The van der Waals surface area contributed by atoms with E-state index in [-0.39, 0.29) is 0 Å². The molecule has 0 aromatic carbocycles. The third kappa shape index (κ3) is 12.1. The maximum Gasteiger partial charge on any atom is 0.147 e. The minimum absolute atomic E-state index is 0.422. The third-order valence-electron chi connectivity index (χ3n) is 3.71. The van der Waals surface area contributed by atoms with Gasteiger partial charge in [0.15, 0.2) is 0 Å². The molecule has 1 heterocycles. The number of epoxide rings is 1. The molecule has 4 heteroatoms. The summed E-state index contributed by atoms with van der Waals surface area (Å²) in [6, 6.07) is 1.20. The Morgan fingerprint density at radius 2 is 2.05 bits per heavy atom. The minimum atomic E-state index is -0.976. The first kappa shape index (κ1) is 18.9. The average molecular weight is 315 g/mol. The first-order chi connectivity index (χ1) is 9.87. The molecule has 3 nitrogen and oxygen atoms in total. The van der Waals surface area contributed by atoms with Gasteiger partial charge in [-0.3, -0.25) is 0 Å². The normalized spacial score (nSPS) is 20.6. The molecule has 2 atom stereocenters. The van der Waals surface area contributed by atoms with Gasteiger partial charge in [-0.05, 0) is 38.1 Å². The smallest absolute Gasteiger partial charge is 0.147 e. The highest BCUT2D eigenvalue weighted by atomic mass is 28.3. The molecule has 0 spiro atoms. The maximum absolute atomic E-state index is 5.55. The Labute approximate surface area is 132 Å². The predicted molar refractivity (Wildman–Crippen MR) is 91.4 cm³/mol. The largest absolute Gasteiger partial charge is 0.373 e. The van der Waals surface area contributed by atoms with E-state index in [2.05, 4.69) is 39.6 Å². The Hall–Kier alpha value is -0.163. The van der Waals surface area contributed by atoms with Crippen LogP contribution >= 0.6 is 0 Å². The van der Waals surface area contributed by atoms with Crippen molar-refractivity contribution in [2.75, 3.05) is 26.6 Å². The van der Waals surface area contributed by atoms with E-state index in [1.165, 1.54) is 24.5 Å². The molecule has 0 radical (unpaired) electrons. The van der Waals surface area contributed by atoms with Crippen LogP contribution in [0, 0.1) is 5.92 Å². The van der Waals surface area contributed by atoms with Crippen molar-refractivity contribution in [3.8, 4) is 0 Å². The Kier molecular flexibility index (Phi) is 8.79. The number of rotatable bonds is 12. The fraction of sp³-hybridized carbons (Fsp3) is 0.882. The number of hydrogen-bond donors (Lipinski definition) is 0. The molecule has 124 valence electrons. The molecular weight excluding hydrogens is 280 g/mol. The van der Waals surface area contributed by atoms with E-state index < -0.39 is 8.07 Å². The van der Waals surface area contributed by atoms with Crippen LogP contribution in [0.5, 0.6) is 0 Å². The molecular formula is C17H34O3Si. The Balaban J connectivity index is 1.94. The molecule has 0 aromatic heterocycles. The standard InChI is InChI=1S/C17H34O3Si/c1-15(11-17-13-20-17)7-6-8-16(2)12-19-14-18-9-10-21(3,4)5/h8,15,17H,6-7,9-14H2,1-5H3/b16-8+/t15-,17+/m0/s1. The third-order valence-corrected chi connectivity index (χ3v) is 5.42. The second kappa shape index (κ2) is 9.77. The molecule has 1 aliphatic rings. The van der Waals surface area contributed by atoms with E-state index in [0.717, 1.165) is 25.6 Å². The van der Waals surface area contributed by atoms with E-state index in [1.807, 2.05) is 0 Å². The van der Waals surface area contributed by atoms with E-state index in [4.69, 9.17) is 14.2 Å². The lowest BCUT2D eigenvalue weighted by Crippen LogP contribution is -2.22. The van der Waals surface area contributed by atoms with Gasteiger partial charge in [0.2, 0.25) is 0 Å². The van der Waals surface area contributed by atoms with Gasteiger partial charge in [0.1, 0.15) is 6.79 Å². The molecule has 21 heavy (non-hydrogen) atoms. The summed E-state index contributed by atoms with van der Waals surface area (Å²) < 4.78 is 16.3. The highest BCUT2D eigenvalue weighted by molar-refractivity contribution is 6.76. The van der Waals surface area contributed by atoms with Crippen LogP contribution in [0.2, 0.25) is 25.7 Å². The molecule has 0 unspecified atom stereocenters. The first-order valence-corrected chi connectivity index (χ1v) is 12.0. The monoisotopic (exact) mass is 314 g/mol. The van der Waals surface area contributed by atoms with Crippen LogP contribution < -0.4 is 0 Å². The van der Waals surface area contributed by atoms with E-state index in [9.17, 15) is 0 Å². The van der Waals surface area contributed by atoms with Crippen molar-refractivity contribution in [2.45, 2.75) is 64.9 Å². The molecule has 0 aromatic rings. The van der Waals surface area contributed by atoms with Crippen molar-refractivity contribution in [1.29, 1.82) is 0 Å². The van der Waals surface area contributed by atoms with Crippen LogP contribution in [-0.2, 0) is 14.2 Å². The summed E-state index contributed by atoms with van der Waals surface area (Å²) in [6.45, 7) is 14.5. The van der Waals surface area contributed by atoms with Crippen molar-refractivity contribution in [3.63, 3.8) is 0 Å². The van der Waals surface area contributed by atoms with Gasteiger partial charge in [0.05, 0.1) is 19.3 Å². The molecule has 0 bridgehead atoms. The number of ether oxygens (including phenoxy) is 3. The minimum Gasteiger partial charge on any atom is -0.373 e. The molecule has 1 saturated heterocycles. The van der Waals surface area contributed by atoms with Crippen molar-refractivity contribution < 1.29 is 14.2 Å². The first-order valence-electron chi connectivity index (χ1n) is 8.29. The van der Waals surface area contributed by atoms with Crippen LogP contribution in [0.25, 0.3) is 0 Å². The van der Waals surface area contributed by atoms with Crippen molar-refractivity contribution in [3.05, 3.63) is 11.6 Å². The zero-order valence-corrected chi connectivity index (χ0v) is 15.6. The highest BCUT2D eigenvalue weighted by Gasteiger charge is 2.24. The molecule has 0 N–H and O–H groups in total. The summed E-state index contributed by atoms with van der Waals surface area (Å²) >= 11 is 0. The summed E-state index contributed by atoms with van der Waals surface area (Å²) in [5.74, 6) is 0.757. The van der Waals surface area contributed by atoms with Gasteiger partial charge in [0, 0.05) is 14.7 Å².